The van der Waals surface area contributed by atoms with Gasteiger partial charge in [0, 0.05) is 24.5 Å². The van der Waals surface area contributed by atoms with Gasteiger partial charge in [-0.2, -0.15) is 0 Å². The summed E-state index contributed by atoms with van der Waals surface area (Å²) in [5.41, 5.74) is 4.36. The molecule has 0 aromatic rings. The van der Waals surface area contributed by atoms with E-state index in [0.717, 1.165) is 12.8 Å². The molecular weight excluding hydrogens is 260 g/mol. The number of ether oxygens (including phenoxy) is 1. The quantitative estimate of drug-likeness (QED) is 0.526. The summed E-state index contributed by atoms with van der Waals surface area (Å²) in [7, 11) is 1.53. The van der Waals surface area contributed by atoms with Gasteiger partial charge in [-0.25, -0.2) is 0 Å². The number of primary amides is 1. The van der Waals surface area contributed by atoms with Gasteiger partial charge in [-0.15, -0.1) is 0 Å². The van der Waals surface area contributed by atoms with Crippen molar-refractivity contribution in [1.29, 1.82) is 0 Å². The maximum atomic E-state index is 11.8. The van der Waals surface area contributed by atoms with Crippen LogP contribution in [0.1, 0.15) is 39.5 Å². The van der Waals surface area contributed by atoms with E-state index < -0.39 is 17.4 Å². The Morgan fingerprint density at radius 2 is 2.05 bits per heavy atom. The summed E-state index contributed by atoms with van der Waals surface area (Å²) in [5.74, 6) is -0.652. The number of nitrogens with one attached hydrogen (secondary N) is 1. The maximum Gasteiger partial charge on any atom is 0.249 e. The van der Waals surface area contributed by atoms with E-state index in [0.29, 0.717) is 26.0 Å². The maximum absolute atomic E-state index is 11.8. The smallest absolute Gasteiger partial charge is 0.249 e. The molecule has 0 aromatic heterocycles. The Hall–Kier alpha value is -1.14. The molecule has 1 aliphatic carbocycles. The van der Waals surface area contributed by atoms with E-state index in [4.69, 9.17) is 10.5 Å². The molecule has 1 aliphatic rings. The molecule has 0 bridgehead atoms. The standard InChI is InChI=1S/C14H26N2O4/c1-13(2,9-20-3)10(17)11(18)16-8-4-5-14(6-7-14)12(15)19/h10,17H,4-9H2,1-3H3,(H2,15,19)(H,16,18)/t10-/m1/s1. The second-order valence-corrected chi connectivity index (χ2v) is 6.36. The first kappa shape index (κ1) is 16.9. The van der Waals surface area contributed by atoms with E-state index in [2.05, 4.69) is 5.32 Å². The minimum Gasteiger partial charge on any atom is -0.384 e. The Labute approximate surface area is 120 Å². The van der Waals surface area contributed by atoms with Crippen LogP contribution in [-0.4, -0.2) is 43.3 Å². The molecule has 1 fully saturated rings. The summed E-state index contributed by atoms with van der Waals surface area (Å²) in [6.07, 6.45) is 1.96. The van der Waals surface area contributed by atoms with Crippen LogP contribution in [0.4, 0.5) is 0 Å². The van der Waals surface area contributed by atoms with Crippen LogP contribution in [0.3, 0.4) is 0 Å². The van der Waals surface area contributed by atoms with Gasteiger partial charge in [-0.3, -0.25) is 9.59 Å². The normalized spacial score (nSPS) is 18.4. The number of nitrogens with two attached hydrogens (primary N) is 1. The summed E-state index contributed by atoms with van der Waals surface area (Å²) < 4.78 is 4.99. The van der Waals surface area contributed by atoms with Crippen molar-refractivity contribution in [1.82, 2.24) is 5.32 Å². The predicted octanol–water partition coefficient (Wildman–Crippen LogP) is 0.182. The zero-order chi connectivity index (χ0) is 15.4. The second-order valence-electron chi connectivity index (χ2n) is 6.36. The highest BCUT2D eigenvalue weighted by Crippen LogP contribution is 2.49. The van der Waals surface area contributed by atoms with Crippen LogP contribution < -0.4 is 11.1 Å². The molecule has 20 heavy (non-hydrogen) atoms. The number of rotatable bonds is 9. The van der Waals surface area contributed by atoms with Crippen molar-refractivity contribution in [3.05, 3.63) is 0 Å². The summed E-state index contributed by atoms with van der Waals surface area (Å²) in [6, 6.07) is 0. The molecule has 0 aliphatic heterocycles. The zero-order valence-electron chi connectivity index (χ0n) is 12.6. The second kappa shape index (κ2) is 6.54. The number of hydrogen-bond acceptors (Lipinski definition) is 4. The Morgan fingerprint density at radius 3 is 2.50 bits per heavy atom. The van der Waals surface area contributed by atoms with Crippen molar-refractivity contribution >= 4 is 11.8 Å². The van der Waals surface area contributed by atoms with Gasteiger partial charge in [0.2, 0.25) is 11.8 Å². The van der Waals surface area contributed by atoms with Gasteiger partial charge in [0.25, 0.3) is 0 Å². The third-order valence-electron chi connectivity index (χ3n) is 4.01. The lowest BCUT2D eigenvalue weighted by Crippen LogP contribution is -2.46. The van der Waals surface area contributed by atoms with Crippen molar-refractivity contribution in [3.63, 3.8) is 0 Å². The lowest BCUT2D eigenvalue weighted by atomic mass is 9.87. The van der Waals surface area contributed by atoms with Gasteiger partial charge in [-0.05, 0) is 25.7 Å². The first-order chi connectivity index (χ1) is 9.25. The molecule has 0 radical (unpaired) electrons. The van der Waals surface area contributed by atoms with Crippen molar-refractivity contribution in [2.24, 2.45) is 16.6 Å². The molecule has 0 spiro atoms. The monoisotopic (exact) mass is 286 g/mol. The molecule has 6 heteroatoms. The van der Waals surface area contributed by atoms with Crippen LogP contribution in [0.15, 0.2) is 0 Å². The van der Waals surface area contributed by atoms with Crippen LogP contribution in [0.5, 0.6) is 0 Å². The van der Waals surface area contributed by atoms with Gasteiger partial charge in [0.15, 0.2) is 0 Å². The van der Waals surface area contributed by atoms with Crippen LogP contribution >= 0.6 is 0 Å². The first-order valence-corrected chi connectivity index (χ1v) is 7.00. The molecule has 6 nitrogen and oxygen atoms in total. The molecule has 1 atom stereocenters. The van der Waals surface area contributed by atoms with E-state index in [1.165, 1.54) is 7.11 Å². The molecule has 0 saturated heterocycles. The fourth-order valence-corrected chi connectivity index (χ4v) is 2.31. The highest BCUT2D eigenvalue weighted by molar-refractivity contribution is 5.83. The first-order valence-electron chi connectivity index (χ1n) is 7.00. The fourth-order valence-electron chi connectivity index (χ4n) is 2.31. The van der Waals surface area contributed by atoms with Gasteiger partial charge < -0.3 is 20.9 Å². The van der Waals surface area contributed by atoms with E-state index >= 15 is 0 Å². The highest BCUT2D eigenvalue weighted by Gasteiger charge is 2.47. The van der Waals surface area contributed by atoms with Gasteiger partial charge in [0.1, 0.15) is 6.10 Å². The number of methoxy groups -OCH3 is 1. The highest BCUT2D eigenvalue weighted by atomic mass is 16.5. The topological polar surface area (TPSA) is 102 Å². The van der Waals surface area contributed by atoms with Gasteiger partial charge in [0.05, 0.1) is 6.61 Å². The predicted molar refractivity (Wildman–Crippen MR) is 74.8 cm³/mol. The number of carbonyl (C=O) groups is 2. The molecule has 116 valence electrons. The van der Waals surface area contributed by atoms with Gasteiger partial charge in [-0.1, -0.05) is 13.8 Å². The number of amides is 2. The average molecular weight is 286 g/mol. The molecular formula is C14H26N2O4. The van der Waals surface area contributed by atoms with Crippen LogP contribution in [0.25, 0.3) is 0 Å². The molecule has 4 N–H and O–H groups in total. The Kier molecular flexibility index (Phi) is 5.53. The summed E-state index contributed by atoms with van der Waals surface area (Å²) in [6.45, 7) is 4.28. The van der Waals surface area contributed by atoms with Crippen LogP contribution in [0.2, 0.25) is 0 Å². The summed E-state index contributed by atoms with van der Waals surface area (Å²) in [4.78, 5) is 23.0. The van der Waals surface area contributed by atoms with Crippen molar-refractivity contribution in [3.8, 4) is 0 Å². The zero-order valence-corrected chi connectivity index (χ0v) is 12.6. The SMILES string of the molecule is COCC(C)(C)[C@H](O)C(=O)NCCCC1(C(N)=O)CC1. The number of hydrogen-bond donors (Lipinski definition) is 3. The molecule has 0 heterocycles. The lowest BCUT2D eigenvalue weighted by molar-refractivity contribution is -0.137. The fraction of sp³-hybridized carbons (Fsp3) is 0.857. The van der Waals surface area contributed by atoms with Crippen LogP contribution in [-0.2, 0) is 14.3 Å². The van der Waals surface area contributed by atoms with Crippen molar-refractivity contribution in [2.45, 2.75) is 45.6 Å². The van der Waals surface area contributed by atoms with Crippen LogP contribution in [0, 0.1) is 10.8 Å². The van der Waals surface area contributed by atoms with E-state index in [9.17, 15) is 14.7 Å². The molecule has 0 unspecified atom stereocenters. The Morgan fingerprint density at radius 1 is 1.45 bits per heavy atom. The Bertz CT molecular complexity index is 364. The number of aliphatic hydroxyl groups is 1. The van der Waals surface area contributed by atoms with Crippen molar-refractivity contribution in [2.75, 3.05) is 20.3 Å². The average Bonchev–Trinajstić information content (AvgIpc) is 3.14. The molecule has 1 rings (SSSR count). The molecule has 1 saturated carbocycles. The number of carbonyl (C=O) groups excluding carboxylic acids is 2. The number of aliphatic hydroxyl groups excluding tert-OH is 1. The van der Waals surface area contributed by atoms with Crippen molar-refractivity contribution < 1.29 is 19.4 Å². The lowest BCUT2D eigenvalue weighted by Gasteiger charge is -2.28. The minimum atomic E-state index is -1.12. The summed E-state index contributed by atoms with van der Waals surface area (Å²) >= 11 is 0. The van der Waals surface area contributed by atoms with E-state index in [1.54, 1.807) is 13.8 Å². The van der Waals surface area contributed by atoms with Gasteiger partial charge >= 0.3 is 0 Å². The minimum absolute atomic E-state index is 0.245. The molecule has 0 aromatic carbocycles. The Balaban J connectivity index is 2.28. The third kappa shape index (κ3) is 4.18. The van der Waals surface area contributed by atoms with E-state index in [1.807, 2.05) is 0 Å². The molecule has 2 amide bonds. The summed E-state index contributed by atoms with van der Waals surface area (Å²) in [5, 5.41) is 12.7. The largest absolute Gasteiger partial charge is 0.384 e. The van der Waals surface area contributed by atoms with E-state index in [-0.39, 0.29) is 11.3 Å². The third-order valence-corrected chi connectivity index (χ3v) is 4.01.